The minimum atomic E-state index is -0.116. The zero-order valence-corrected chi connectivity index (χ0v) is 34.9. The fraction of sp³-hybridized carbons (Fsp3) is 0.830. The summed E-state index contributed by atoms with van der Waals surface area (Å²) < 4.78 is 17.7. The zero-order chi connectivity index (χ0) is 38.9. The first kappa shape index (κ1) is 47.6. The van der Waals surface area contributed by atoms with E-state index in [1.807, 2.05) is 0 Å². The van der Waals surface area contributed by atoms with Gasteiger partial charge in [0.1, 0.15) is 6.10 Å². The number of unbranched alkanes of at least 4 members (excludes halogenated alkanes) is 4. The molecule has 2 heterocycles. The van der Waals surface area contributed by atoms with Crippen molar-refractivity contribution in [3.8, 4) is 0 Å². The first-order chi connectivity index (χ1) is 26.5. The van der Waals surface area contributed by atoms with Crippen molar-refractivity contribution >= 4 is 17.9 Å². The normalized spacial score (nSPS) is 23.2. The summed E-state index contributed by atoms with van der Waals surface area (Å²) >= 11 is 0. The minimum Gasteiger partial charge on any atom is -0.466 e. The first-order valence-corrected chi connectivity index (χ1v) is 22.6. The number of carbonyl (C=O) groups is 3. The molecule has 54 heavy (non-hydrogen) atoms. The van der Waals surface area contributed by atoms with Crippen LogP contribution in [-0.2, 0) is 28.6 Å². The molecular weight excluding hydrogens is 675 g/mol. The molecule has 0 aliphatic carbocycles. The molecule has 0 aromatic rings. The van der Waals surface area contributed by atoms with Gasteiger partial charge in [0.05, 0.1) is 13.2 Å². The van der Waals surface area contributed by atoms with Crippen molar-refractivity contribution in [1.29, 1.82) is 0 Å². The molecule has 0 amide bonds. The van der Waals surface area contributed by atoms with E-state index in [0.717, 1.165) is 167 Å². The molecule has 0 aromatic heterocycles. The quantitative estimate of drug-likeness (QED) is 0.0801. The van der Waals surface area contributed by atoms with Crippen LogP contribution in [0.1, 0.15) is 200 Å². The van der Waals surface area contributed by atoms with E-state index in [1.165, 1.54) is 24.8 Å². The highest BCUT2D eigenvalue weighted by atomic mass is 16.5. The van der Waals surface area contributed by atoms with Crippen LogP contribution in [0.3, 0.4) is 0 Å². The Morgan fingerprint density at radius 1 is 0.685 bits per heavy atom. The fourth-order valence-corrected chi connectivity index (χ4v) is 8.10. The molecule has 2 aliphatic rings. The van der Waals surface area contributed by atoms with E-state index in [0.29, 0.717) is 32.5 Å². The van der Waals surface area contributed by atoms with Crippen LogP contribution in [0.25, 0.3) is 0 Å². The molecule has 2 saturated heterocycles. The third-order valence-corrected chi connectivity index (χ3v) is 11.4. The van der Waals surface area contributed by atoms with Gasteiger partial charge in [-0.1, -0.05) is 109 Å². The van der Waals surface area contributed by atoms with Gasteiger partial charge in [0.25, 0.3) is 0 Å². The summed E-state index contributed by atoms with van der Waals surface area (Å²) in [5.41, 5.74) is 10.4. The summed E-state index contributed by atoms with van der Waals surface area (Å²) in [7, 11) is 0. The first-order valence-electron chi connectivity index (χ1n) is 22.6. The van der Waals surface area contributed by atoms with Gasteiger partial charge in [-0.2, -0.15) is 0 Å². The molecule has 7 nitrogen and oxygen atoms in total. The molecule has 2 fully saturated rings. The Morgan fingerprint density at radius 2 is 1.19 bits per heavy atom. The van der Waals surface area contributed by atoms with E-state index in [2.05, 4.69) is 42.5 Å². The number of nitrogens with zero attached hydrogens (tertiary/aromatic N) is 1. The Hall–Kier alpha value is -2.55. The number of carbonyl (C=O) groups excluding carboxylic acids is 3. The van der Waals surface area contributed by atoms with Gasteiger partial charge in [-0.05, 0) is 133 Å². The SMILES string of the molecule is C=C=C=C=C1C(CCCCC)CCOC(=O)CCCCCCCC(OC(=O)CCCN2CCCCC2)CCCCCCCC(=O)OCCC1CCCCC. The van der Waals surface area contributed by atoms with E-state index in [9.17, 15) is 14.4 Å². The Labute approximate surface area is 330 Å². The molecule has 2 unspecified atom stereocenters. The van der Waals surface area contributed by atoms with Crippen LogP contribution in [0.2, 0.25) is 0 Å². The number of allylic oxidation sites excluding steroid dienone is 1. The van der Waals surface area contributed by atoms with Gasteiger partial charge in [0.15, 0.2) is 0 Å². The van der Waals surface area contributed by atoms with Crippen LogP contribution in [0.15, 0.2) is 29.3 Å². The molecule has 0 bridgehead atoms. The lowest BCUT2D eigenvalue weighted by Crippen LogP contribution is -2.31. The molecule has 308 valence electrons. The monoisotopic (exact) mass is 754 g/mol. The van der Waals surface area contributed by atoms with Crippen LogP contribution < -0.4 is 0 Å². The van der Waals surface area contributed by atoms with E-state index in [4.69, 9.17) is 14.2 Å². The summed E-state index contributed by atoms with van der Waals surface area (Å²) in [5, 5.41) is 0. The van der Waals surface area contributed by atoms with Crippen molar-refractivity contribution in [2.24, 2.45) is 11.8 Å². The van der Waals surface area contributed by atoms with E-state index in [1.54, 1.807) is 0 Å². The van der Waals surface area contributed by atoms with Crippen molar-refractivity contribution in [3.63, 3.8) is 0 Å². The molecular formula is C47H79NO6. The van der Waals surface area contributed by atoms with Crippen LogP contribution in [0.4, 0.5) is 0 Å². The molecule has 0 saturated carbocycles. The van der Waals surface area contributed by atoms with Crippen molar-refractivity contribution in [3.05, 3.63) is 29.3 Å². The lowest BCUT2D eigenvalue weighted by Gasteiger charge is -2.26. The number of piperidine rings is 1. The van der Waals surface area contributed by atoms with Gasteiger partial charge in [0, 0.05) is 19.3 Å². The topological polar surface area (TPSA) is 82.1 Å². The summed E-state index contributed by atoms with van der Waals surface area (Å²) in [6.07, 6.45) is 28.3. The summed E-state index contributed by atoms with van der Waals surface area (Å²) in [4.78, 5) is 40.8. The second-order valence-electron chi connectivity index (χ2n) is 16.0. The molecule has 0 N–H and O–H groups in total. The highest BCUT2D eigenvalue weighted by Gasteiger charge is 2.24. The fourth-order valence-electron chi connectivity index (χ4n) is 8.10. The Kier molecular flexibility index (Phi) is 28.8. The van der Waals surface area contributed by atoms with E-state index < -0.39 is 0 Å². The molecule has 2 rings (SSSR count). The third kappa shape index (κ3) is 24.1. The molecule has 2 aliphatic heterocycles. The maximum atomic E-state index is 12.8. The number of likely N-dealkylation sites (tertiary alicyclic amines) is 1. The Balaban J connectivity index is 2.01. The van der Waals surface area contributed by atoms with Crippen molar-refractivity contribution in [2.45, 2.75) is 206 Å². The van der Waals surface area contributed by atoms with Crippen LogP contribution in [0.5, 0.6) is 0 Å². The highest BCUT2D eigenvalue weighted by molar-refractivity contribution is 5.70. The summed E-state index contributed by atoms with van der Waals surface area (Å²) in [6, 6.07) is 0. The van der Waals surface area contributed by atoms with Crippen molar-refractivity contribution in [2.75, 3.05) is 32.8 Å². The van der Waals surface area contributed by atoms with Gasteiger partial charge in [0.2, 0.25) is 0 Å². The molecule has 2 atom stereocenters. The van der Waals surface area contributed by atoms with E-state index >= 15 is 0 Å². The average Bonchev–Trinajstić information content (AvgIpc) is 3.16. The van der Waals surface area contributed by atoms with Gasteiger partial charge >= 0.3 is 17.9 Å². The molecule has 0 aromatic carbocycles. The second kappa shape index (κ2) is 32.7. The third-order valence-electron chi connectivity index (χ3n) is 11.4. The van der Waals surface area contributed by atoms with Gasteiger partial charge in [-0.3, -0.25) is 14.4 Å². The molecule has 0 radical (unpaired) electrons. The Bertz CT molecular complexity index is 1070. The maximum absolute atomic E-state index is 12.8. The number of hydrogen-bond donors (Lipinski definition) is 0. The average molecular weight is 754 g/mol. The smallest absolute Gasteiger partial charge is 0.306 e. The standard InChI is InChI=1S/C47H79NO6/c1-4-7-17-26-41-34-39-52-45(49)31-21-14-10-12-19-28-43(54-47(51)33-25-38-48-36-23-16-24-37-48)29-20-13-11-15-22-32-46(50)53-40-35-42(27-18-8-5-2)44(41)30-9-6-3/h41-43H,3-5,7-8,10-29,31-40H2,1-2H3. The zero-order valence-electron chi connectivity index (χ0n) is 34.9. The number of cyclic esters (lactones) is 2. The van der Waals surface area contributed by atoms with E-state index in [-0.39, 0.29) is 35.8 Å². The van der Waals surface area contributed by atoms with Gasteiger partial charge < -0.3 is 19.1 Å². The van der Waals surface area contributed by atoms with Crippen LogP contribution >= 0.6 is 0 Å². The number of ether oxygens (including phenoxy) is 3. The maximum Gasteiger partial charge on any atom is 0.306 e. The predicted octanol–water partition coefficient (Wildman–Crippen LogP) is 11.9. The number of hydrogen-bond acceptors (Lipinski definition) is 7. The molecule has 7 heteroatoms. The minimum absolute atomic E-state index is 0.0220. The van der Waals surface area contributed by atoms with Gasteiger partial charge in [-0.25, -0.2) is 0 Å². The number of rotatable bonds is 13. The van der Waals surface area contributed by atoms with Crippen LogP contribution in [-0.4, -0.2) is 61.8 Å². The van der Waals surface area contributed by atoms with Crippen molar-refractivity contribution < 1.29 is 28.6 Å². The predicted molar refractivity (Wildman–Crippen MR) is 220 cm³/mol. The van der Waals surface area contributed by atoms with Crippen LogP contribution in [0, 0.1) is 11.8 Å². The summed E-state index contributed by atoms with van der Waals surface area (Å²) in [6.45, 7) is 12.3. The Morgan fingerprint density at radius 3 is 1.70 bits per heavy atom. The van der Waals surface area contributed by atoms with Crippen molar-refractivity contribution in [1.82, 2.24) is 4.90 Å². The lowest BCUT2D eigenvalue weighted by atomic mass is 9.79. The largest absolute Gasteiger partial charge is 0.466 e. The second-order valence-corrected chi connectivity index (χ2v) is 16.0. The lowest BCUT2D eigenvalue weighted by molar-refractivity contribution is -0.150. The van der Waals surface area contributed by atoms with Gasteiger partial charge in [-0.15, -0.1) is 0 Å². The number of esters is 3. The summed E-state index contributed by atoms with van der Waals surface area (Å²) in [5.74, 6) is 0.150. The highest BCUT2D eigenvalue weighted by Crippen LogP contribution is 2.33. The molecule has 0 spiro atoms.